The normalized spacial score (nSPS) is 11.0. The molecule has 1 aromatic heterocycles. The number of ether oxygens (including phenoxy) is 1. The first-order valence-electron chi connectivity index (χ1n) is 9.95. The Labute approximate surface area is 199 Å². The summed E-state index contributed by atoms with van der Waals surface area (Å²) in [5, 5.41) is 15.0. The molecule has 0 aliphatic heterocycles. The second kappa shape index (κ2) is 10.3. The van der Waals surface area contributed by atoms with E-state index in [-0.39, 0.29) is 18.3 Å². The van der Waals surface area contributed by atoms with E-state index in [0.29, 0.717) is 33.3 Å². The average Bonchev–Trinajstić information content (AvgIpc) is 3.20. The van der Waals surface area contributed by atoms with Crippen molar-refractivity contribution in [1.82, 2.24) is 14.8 Å². The molecule has 32 heavy (non-hydrogen) atoms. The zero-order valence-corrected chi connectivity index (χ0v) is 19.5. The van der Waals surface area contributed by atoms with Crippen LogP contribution < -0.4 is 10.1 Å². The molecule has 0 unspecified atom stereocenters. The lowest BCUT2D eigenvalue weighted by atomic mass is 10.1. The molecule has 0 bridgehead atoms. The molecule has 0 saturated carbocycles. The summed E-state index contributed by atoms with van der Waals surface area (Å²) in [4.78, 5) is 12.3. The van der Waals surface area contributed by atoms with Gasteiger partial charge in [-0.1, -0.05) is 71.4 Å². The lowest BCUT2D eigenvalue weighted by Crippen LogP contribution is -2.15. The van der Waals surface area contributed by atoms with E-state index >= 15 is 0 Å². The fourth-order valence-electron chi connectivity index (χ4n) is 3.22. The minimum atomic E-state index is -0.174. The number of nitrogens with one attached hydrogen (secondary N) is 1. The van der Waals surface area contributed by atoms with Crippen LogP contribution in [0.1, 0.15) is 12.7 Å². The van der Waals surface area contributed by atoms with E-state index in [1.165, 1.54) is 11.8 Å². The Morgan fingerprint density at radius 2 is 1.88 bits per heavy atom. The number of hydrogen-bond donors (Lipinski definition) is 1. The number of thioether (sulfide) groups is 1. The van der Waals surface area contributed by atoms with Crippen molar-refractivity contribution in [3.63, 3.8) is 0 Å². The standard InChI is InChI=1S/C23H20Cl2N4O2S/c1-2-29-21(13-31-20-9-5-7-15-6-3-4-8-17(15)20)27-28-23(29)32-14-22(30)26-16-10-11-18(24)19(25)12-16/h3-12H,2,13-14H2,1H3,(H,26,30). The highest BCUT2D eigenvalue weighted by Gasteiger charge is 2.14. The Morgan fingerprint density at radius 3 is 2.69 bits per heavy atom. The van der Waals surface area contributed by atoms with Crippen LogP contribution in [0.25, 0.3) is 10.8 Å². The van der Waals surface area contributed by atoms with Crippen molar-refractivity contribution >= 4 is 57.3 Å². The number of amides is 1. The number of halogens is 2. The van der Waals surface area contributed by atoms with Gasteiger partial charge in [0.05, 0.1) is 15.8 Å². The number of aromatic nitrogens is 3. The molecule has 0 radical (unpaired) electrons. The van der Waals surface area contributed by atoms with Crippen molar-refractivity contribution in [3.05, 3.63) is 76.5 Å². The van der Waals surface area contributed by atoms with Gasteiger partial charge in [-0.15, -0.1) is 10.2 Å². The number of carbonyl (C=O) groups excluding carboxylic acids is 1. The van der Waals surface area contributed by atoms with Gasteiger partial charge < -0.3 is 14.6 Å². The summed E-state index contributed by atoms with van der Waals surface area (Å²) < 4.78 is 8.00. The maximum Gasteiger partial charge on any atom is 0.234 e. The van der Waals surface area contributed by atoms with E-state index in [1.54, 1.807) is 18.2 Å². The zero-order valence-electron chi connectivity index (χ0n) is 17.2. The third kappa shape index (κ3) is 5.18. The quantitative estimate of drug-likeness (QED) is 0.306. The van der Waals surface area contributed by atoms with Crippen LogP contribution in [0, 0.1) is 0 Å². The van der Waals surface area contributed by atoms with Crippen LogP contribution in [0.5, 0.6) is 5.75 Å². The van der Waals surface area contributed by atoms with E-state index in [4.69, 9.17) is 27.9 Å². The van der Waals surface area contributed by atoms with Crippen molar-refractivity contribution < 1.29 is 9.53 Å². The third-order valence-electron chi connectivity index (χ3n) is 4.75. The molecule has 4 aromatic rings. The van der Waals surface area contributed by atoms with Gasteiger partial charge in [0.25, 0.3) is 0 Å². The molecule has 164 valence electrons. The molecular weight excluding hydrogens is 467 g/mol. The zero-order chi connectivity index (χ0) is 22.5. The molecule has 9 heteroatoms. The Bertz CT molecular complexity index is 1260. The summed E-state index contributed by atoms with van der Waals surface area (Å²) in [6.45, 7) is 2.95. The molecule has 0 saturated heterocycles. The van der Waals surface area contributed by atoms with Crippen LogP contribution >= 0.6 is 35.0 Å². The predicted molar refractivity (Wildman–Crippen MR) is 130 cm³/mol. The number of fused-ring (bicyclic) bond motifs is 1. The van der Waals surface area contributed by atoms with Crippen molar-refractivity contribution in [2.24, 2.45) is 0 Å². The van der Waals surface area contributed by atoms with Crippen LogP contribution in [0.4, 0.5) is 5.69 Å². The highest BCUT2D eigenvalue weighted by molar-refractivity contribution is 7.99. The van der Waals surface area contributed by atoms with E-state index in [0.717, 1.165) is 16.5 Å². The number of nitrogens with zero attached hydrogens (tertiary/aromatic N) is 3. The van der Waals surface area contributed by atoms with Crippen molar-refractivity contribution in [1.29, 1.82) is 0 Å². The Hall–Kier alpha value is -2.74. The Balaban J connectivity index is 1.39. The fourth-order valence-corrected chi connectivity index (χ4v) is 4.33. The van der Waals surface area contributed by atoms with Crippen LogP contribution in [-0.2, 0) is 17.9 Å². The third-order valence-corrected chi connectivity index (χ3v) is 6.46. The van der Waals surface area contributed by atoms with Crippen LogP contribution in [0.2, 0.25) is 10.0 Å². The second-order valence-electron chi connectivity index (χ2n) is 6.87. The summed E-state index contributed by atoms with van der Waals surface area (Å²) in [7, 11) is 0. The molecule has 0 aliphatic rings. The molecule has 1 amide bonds. The van der Waals surface area contributed by atoms with Crippen LogP contribution in [0.15, 0.2) is 65.8 Å². The maximum atomic E-state index is 12.3. The van der Waals surface area contributed by atoms with Gasteiger partial charge in [-0.25, -0.2) is 0 Å². The first-order chi connectivity index (χ1) is 15.5. The largest absolute Gasteiger partial charge is 0.485 e. The van der Waals surface area contributed by atoms with Crippen LogP contribution in [0.3, 0.4) is 0 Å². The van der Waals surface area contributed by atoms with Gasteiger partial charge in [-0.3, -0.25) is 4.79 Å². The molecule has 0 atom stereocenters. The molecule has 1 N–H and O–H groups in total. The highest BCUT2D eigenvalue weighted by Crippen LogP contribution is 2.27. The minimum Gasteiger partial charge on any atom is -0.485 e. The lowest BCUT2D eigenvalue weighted by Gasteiger charge is -2.11. The topological polar surface area (TPSA) is 69.0 Å². The van der Waals surface area contributed by atoms with Crippen molar-refractivity contribution in [3.8, 4) is 5.75 Å². The maximum absolute atomic E-state index is 12.3. The number of rotatable bonds is 8. The van der Waals surface area contributed by atoms with Gasteiger partial charge in [0.15, 0.2) is 11.0 Å². The number of anilines is 1. The Kier molecular flexibility index (Phi) is 7.19. The Morgan fingerprint density at radius 1 is 1.06 bits per heavy atom. The van der Waals surface area contributed by atoms with E-state index in [9.17, 15) is 4.79 Å². The summed E-state index contributed by atoms with van der Waals surface area (Å²) in [5.41, 5.74) is 0.589. The number of carbonyl (C=O) groups is 1. The molecule has 3 aromatic carbocycles. The molecular formula is C23H20Cl2N4O2S. The molecule has 6 nitrogen and oxygen atoms in total. The summed E-state index contributed by atoms with van der Waals surface area (Å²) in [6.07, 6.45) is 0. The molecule has 0 spiro atoms. The lowest BCUT2D eigenvalue weighted by molar-refractivity contribution is -0.113. The van der Waals surface area contributed by atoms with E-state index in [2.05, 4.69) is 27.6 Å². The molecule has 4 rings (SSSR count). The number of hydrogen-bond acceptors (Lipinski definition) is 5. The van der Waals surface area contributed by atoms with Gasteiger partial charge in [0, 0.05) is 17.6 Å². The minimum absolute atomic E-state index is 0.174. The first kappa shape index (κ1) is 22.5. The summed E-state index contributed by atoms with van der Waals surface area (Å²) >= 11 is 13.2. The molecule has 0 fully saturated rings. The van der Waals surface area contributed by atoms with Gasteiger partial charge in [-0.2, -0.15) is 0 Å². The van der Waals surface area contributed by atoms with Gasteiger partial charge in [-0.05, 0) is 36.6 Å². The van der Waals surface area contributed by atoms with Crippen LogP contribution in [-0.4, -0.2) is 26.4 Å². The van der Waals surface area contributed by atoms with Crippen molar-refractivity contribution in [2.75, 3.05) is 11.1 Å². The summed E-state index contributed by atoms with van der Waals surface area (Å²) in [6, 6.07) is 19.0. The number of benzene rings is 3. The molecule has 1 heterocycles. The SMILES string of the molecule is CCn1c(COc2cccc3ccccc23)nnc1SCC(=O)Nc1ccc(Cl)c(Cl)c1. The van der Waals surface area contributed by atoms with Gasteiger partial charge in [0.1, 0.15) is 12.4 Å². The van der Waals surface area contributed by atoms with E-state index < -0.39 is 0 Å². The summed E-state index contributed by atoms with van der Waals surface area (Å²) in [5.74, 6) is 1.51. The monoisotopic (exact) mass is 486 g/mol. The van der Waals surface area contributed by atoms with Gasteiger partial charge in [0.2, 0.25) is 5.91 Å². The second-order valence-corrected chi connectivity index (χ2v) is 8.63. The van der Waals surface area contributed by atoms with Gasteiger partial charge >= 0.3 is 0 Å². The average molecular weight is 487 g/mol. The van der Waals surface area contributed by atoms with E-state index in [1.807, 2.05) is 41.8 Å². The molecule has 0 aliphatic carbocycles. The van der Waals surface area contributed by atoms with Crippen molar-refractivity contribution in [2.45, 2.75) is 25.2 Å². The highest BCUT2D eigenvalue weighted by atomic mass is 35.5. The fraction of sp³-hybridized carbons (Fsp3) is 0.174. The smallest absolute Gasteiger partial charge is 0.234 e. The predicted octanol–water partition coefficient (Wildman–Crippen LogP) is 6.07. The first-order valence-corrected chi connectivity index (χ1v) is 11.7.